The number of anilines is 2. The third-order valence-corrected chi connectivity index (χ3v) is 3.49. The molecule has 5 nitrogen and oxygen atoms in total. The molecule has 0 aliphatic rings. The molecule has 3 rings (SSSR count). The van der Waals surface area contributed by atoms with Crippen molar-refractivity contribution in [1.29, 1.82) is 0 Å². The van der Waals surface area contributed by atoms with Crippen molar-refractivity contribution in [3.63, 3.8) is 0 Å². The topological polar surface area (TPSA) is 82.2 Å². The van der Waals surface area contributed by atoms with Crippen molar-refractivity contribution in [2.45, 2.75) is 6.92 Å². The van der Waals surface area contributed by atoms with Gasteiger partial charge in [0.25, 0.3) is 0 Å². The van der Waals surface area contributed by atoms with Crippen LogP contribution in [0.5, 0.6) is 0 Å². The van der Waals surface area contributed by atoms with Crippen molar-refractivity contribution in [2.24, 2.45) is 0 Å². The molecule has 110 valence electrons. The van der Waals surface area contributed by atoms with Gasteiger partial charge in [-0.2, -0.15) is 0 Å². The molecule has 0 amide bonds. The molecule has 3 N–H and O–H groups in total. The van der Waals surface area contributed by atoms with Gasteiger partial charge in [-0.1, -0.05) is 12.1 Å². The molecule has 0 aliphatic carbocycles. The zero-order chi connectivity index (χ0) is 15.7. The van der Waals surface area contributed by atoms with Crippen LogP contribution in [-0.4, -0.2) is 16.1 Å². The van der Waals surface area contributed by atoms with Crippen LogP contribution in [0.15, 0.2) is 53.3 Å². The molecule has 0 aliphatic heterocycles. The van der Waals surface area contributed by atoms with Crippen molar-refractivity contribution in [3.05, 3.63) is 70.0 Å². The first kappa shape index (κ1) is 13.9. The Morgan fingerprint density at radius 1 is 1.14 bits per heavy atom. The Kier molecular flexibility index (Phi) is 3.39. The van der Waals surface area contributed by atoms with Crippen LogP contribution in [0.25, 0.3) is 10.9 Å². The number of H-pyrrole nitrogens is 1. The normalized spacial score (nSPS) is 10.6. The van der Waals surface area contributed by atoms with Gasteiger partial charge in [0.15, 0.2) is 0 Å². The van der Waals surface area contributed by atoms with Crippen LogP contribution < -0.4 is 10.9 Å². The molecule has 22 heavy (non-hydrogen) atoms. The van der Waals surface area contributed by atoms with Gasteiger partial charge in [-0.3, -0.25) is 4.79 Å². The minimum atomic E-state index is -0.982. The molecule has 0 bridgehead atoms. The van der Waals surface area contributed by atoms with E-state index in [1.54, 1.807) is 36.4 Å². The predicted molar refractivity (Wildman–Crippen MR) is 86.0 cm³/mol. The molecule has 0 saturated heterocycles. The third kappa shape index (κ3) is 2.56. The number of carbonyl (C=O) groups is 1. The lowest BCUT2D eigenvalue weighted by Gasteiger charge is -2.11. The molecule has 0 spiro atoms. The van der Waals surface area contributed by atoms with Gasteiger partial charge in [0.05, 0.1) is 11.3 Å². The minimum Gasteiger partial charge on any atom is -0.478 e. The van der Waals surface area contributed by atoms with Gasteiger partial charge in [-0.15, -0.1) is 0 Å². The van der Waals surface area contributed by atoms with E-state index in [4.69, 9.17) is 0 Å². The van der Waals surface area contributed by atoms with E-state index < -0.39 is 5.97 Å². The Morgan fingerprint density at radius 3 is 2.68 bits per heavy atom. The highest BCUT2D eigenvalue weighted by molar-refractivity contribution is 5.95. The molecule has 1 heterocycles. The van der Waals surface area contributed by atoms with E-state index in [0.717, 1.165) is 22.2 Å². The molecule has 3 aromatic rings. The van der Waals surface area contributed by atoms with Crippen LogP contribution in [0.3, 0.4) is 0 Å². The quantitative estimate of drug-likeness (QED) is 0.692. The standard InChI is InChI=1S/C17H14N2O3/c1-10-8-16(20)19-15-7-6-11(9-13(10)15)18-14-5-3-2-4-12(14)17(21)22/h2-9,18H,1H3,(H,19,20)(H,21,22). The Labute approximate surface area is 126 Å². The molecule has 0 fully saturated rings. The highest BCUT2D eigenvalue weighted by atomic mass is 16.4. The summed E-state index contributed by atoms with van der Waals surface area (Å²) in [5, 5.41) is 13.2. The summed E-state index contributed by atoms with van der Waals surface area (Å²) in [5.41, 5.74) is 2.98. The Hall–Kier alpha value is -3.08. The van der Waals surface area contributed by atoms with Crippen LogP contribution in [0.1, 0.15) is 15.9 Å². The first-order valence-electron chi connectivity index (χ1n) is 6.77. The van der Waals surface area contributed by atoms with Gasteiger partial charge in [0.1, 0.15) is 0 Å². The number of hydrogen-bond donors (Lipinski definition) is 3. The lowest BCUT2D eigenvalue weighted by Crippen LogP contribution is -2.05. The van der Waals surface area contributed by atoms with Crippen LogP contribution in [0.4, 0.5) is 11.4 Å². The molecular formula is C17H14N2O3. The van der Waals surface area contributed by atoms with Gasteiger partial charge < -0.3 is 15.4 Å². The van der Waals surface area contributed by atoms with Crippen LogP contribution in [0, 0.1) is 6.92 Å². The maximum atomic E-state index is 11.5. The fourth-order valence-electron chi connectivity index (χ4n) is 2.43. The molecular weight excluding hydrogens is 280 g/mol. The second kappa shape index (κ2) is 5.37. The second-order valence-corrected chi connectivity index (χ2v) is 5.05. The number of aromatic carboxylic acids is 1. The average Bonchev–Trinajstić information content (AvgIpc) is 2.48. The third-order valence-electron chi connectivity index (χ3n) is 3.49. The van der Waals surface area contributed by atoms with Crippen molar-refractivity contribution in [3.8, 4) is 0 Å². The first-order valence-corrected chi connectivity index (χ1v) is 6.77. The Bertz CT molecular complexity index is 929. The van der Waals surface area contributed by atoms with E-state index in [9.17, 15) is 14.7 Å². The number of aromatic nitrogens is 1. The minimum absolute atomic E-state index is 0.137. The summed E-state index contributed by atoms with van der Waals surface area (Å²) < 4.78 is 0. The largest absolute Gasteiger partial charge is 0.478 e. The van der Waals surface area contributed by atoms with Crippen molar-refractivity contribution in [2.75, 3.05) is 5.32 Å². The molecule has 0 saturated carbocycles. The van der Waals surface area contributed by atoms with Crippen molar-refractivity contribution in [1.82, 2.24) is 4.98 Å². The number of carboxylic acids is 1. The number of fused-ring (bicyclic) bond motifs is 1. The fourth-order valence-corrected chi connectivity index (χ4v) is 2.43. The molecule has 2 aromatic carbocycles. The van der Waals surface area contributed by atoms with E-state index in [1.165, 1.54) is 6.07 Å². The monoisotopic (exact) mass is 294 g/mol. The van der Waals surface area contributed by atoms with Crippen molar-refractivity contribution < 1.29 is 9.90 Å². The molecule has 0 radical (unpaired) electrons. The van der Waals surface area contributed by atoms with Gasteiger partial charge >= 0.3 is 5.97 Å². The zero-order valence-electron chi connectivity index (χ0n) is 11.9. The van der Waals surface area contributed by atoms with E-state index in [-0.39, 0.29) is 11.1 Å². The predicted octanol–water partition coefficient (Wildman–Crippen LogP) is 3.28. The lowest BCUT2D eigenvalue weighted by molar-refractivity contribution is 0.0698. The number of benzene rings is 2. The van der Waals surface area contributed by atoms with Gasteiger partial charge in [0.2, 0.25) is 5.56 Å². The summed E-state index contributed by atoms with van der Waals surface area (Å²) in [7, 11) is 0. The zero-order valence-corrected chi connectivity index (χ0v) is 11.9. The number of hydrogen-bond acceptors (Lipinski definition) is 3. The highest BCUT2D eigenvalue weighted by Crippen LogP contribution is 2.24. The number of pyridine rings is 1. The van der Waals surface area contributed by atoms with Crippen molar-refractivity contribution >= 4 is 28.2 Å². The number of nitrogens with one attached hydrogen (secondary N) is 2. The summed E-state index contributed by atoms with van der Waals surface area (Å²) in [6, 6.07) is 13.8. The molecule has 0 unspecified atom stereocenters. The van der Waals surface area contributed by atoms with Crippen LogP contribution in [-0.2, 0) is 0 Å². The Balaban J connectivity index is 2.05. The molecule has 0 atom stereocenters. The number of carboxylic acid groups (broad SMARTS) is 1. The van der Waals surface area contributed by atoms with Crippen LogP contribution in [0.2, 0.25) is 0 Å². The van der Waals surface area contributed by atoms with E-state index in [1.807, 2.05) is 13.0 Å². The number of aromatic amines is 1. The first-order chi connectivity index (χ1) is 10.5. The van der Waals surface area contributed by atoms with Gasteiger partial charge in [0, 0.05) is 22.7 Å². The maximum absolute atomic E-state index is 11.5. The smallest absolute Gasteiger partial charge is 0.337 e. The number of para-hydroxylation sites is 1. The lowest BCUT2D eigenvalue weighted by atomic mass is 10.1. The molecule has 1 aromatic heterocycles. The SMILES string of the molecule is Cc1cc(=O)[nH]c2ccc(Nc3ccccc3C(=O)O)cc12. The van der Waals surface area contributed by atoms with Gasteiger partial charge in [-0.25, -0.2) is 4.79 Å². The van der Waals surface area contributed by atoms with E-state index in [2.05, 4.69) is 10.3 Å². The Morgan fingerprint density at radius 2 is 1.91 bits per heavy atom. The van der Waals surface area contributed by atoms with E-state index in [0.29, 0.717) is 5.69 Å². The summed E-state index contributed by atoms with van der Waals surface area (Å²) in [5.74, 6) is -0.982. The van der Waals surface area contributed by atoms with E-state index >= 15 is 0 Å². The number of rotatable bonds is 3. The molecule has 5 heteroatoms. The maximum Gasteiger partial charge on any atom is 0.337 e. The highest BCUT2D eigenvalue weighted by Gasteiger charge is 2.09. The summed E-state index contributed by atoms with van der Waals surface area (Å²) in [6.45, 7) is 1.87. The van der Waals surface area contributed by atoms with Crippen LogP contribution >= 0.6 is 0 Å². The number of aryl methyl sites for hydroxylation is 1. The average molecular weight is 294 g/mol. The summed E-state index contributed by atoms with van der Waals surface area (Å²) in [4.78, 5) is 25.5. The fraction of sp³-hybridized carbons (Fsp3) is 0.0588. The second-order valence-electron chi connectivity index (χ2n) is 5.05. The van der Waals surface area contributed by atoms with Gasteiger partial charge in [-0.05, 0) is 42.8 Å². The summed E-state index contributed by atoms with van der Waals surface area (Å²) >= 11 is 0. The summed E-state index contributed by atoms with van der Waals surface area (Å²) in [6.07, 6.45) is 0.